The molecule has 0 saturated carbocycles. The molecule has 0 aliphatic heterocycles. The average Bonchev–Trinajstić information content (AvgIpc) is 2.41. The largest absolute Gasteiger partial charge is 0.487 e. The first kappa shape index (κ1) is 13.9. The molecule has 0 amide bonds. The maximum absolute atomic E-state index is 6.04. The van der Waals surface area contributed by atoms with Gasteiger partial charge in [0, 0.05) is 5.02 Å². The molecule has 100 valence electrons. The number of nitrogens with two attached hydrogens (primary N) is 1. The van der Waals surface area contributed by atoms with Crippen molar-refractivity contribution in [2.75, 3.05) is 5.43 Å². The topological polar surface area (TPSA) is 60.2 Å². The van der Waals surface area contributed by atoms with Gasteiger partial charge in [0.2, 0.25) is 0 Å². The van der Waals surface area contributed by atoms with Crippen molar-refractivity contribution < 1.29 is 4.74 Å². The number of hydrogen-bond donors (Lipinski definition) is 2. The van der Waals surface area contributed by atoms with Gasteiger partial charge in [-0.05, 0) is 42.8 Å². The van der Waals surface area contributed by atoms with Gasteiger partial charge in [-0.15, -0.1) is 0 Å². The zero-order valence-electron chi connectivity index (χ0n) is 10.3. The molecule has 0 bridgehead atoms. The average molecular weight is 298 g/mol. The van der Waals surface area contributed by atoms with Crippen molar-refractivity contribution in [3.63, 3.8) is 0 Å². The van der Waals surface area contributed by atoms with Crippen LogP contribution >= 0.6 is 23.2 Å². The number of rotatable bonds is 4. The Labute approximate surface area is 121 Å². The van der Waals surface area contributed by atoms with Gasteiger partial charge in [0.05, 0.1) is 10.7 Å². The quantitative estimate of drug-likeness (QED) is 0.669. The van der Waals surface area contributed by atoms with Gasteiger partial charge < -0.3 is 10.2 Å². The molecule has 1 aromatic carbocycles. The first-order valence-corrected chi connectivity index (χ1v) is 6.36. The zero-order chi connectivity index (χ0) is 13.8. The molecule has 0 aliphatic carbocycles. The van der Waals surface area contributed by atoms with E-state index >= 15 is 0 Å². The summed E-state index contributed by atoms with van der Waals surface area (Å²) in [6.07, 6.45) is 0. The van der Waals surface area contributed by atoms with Crippen molar-refractivity contribution in [2.24, 2.45) is 5.84 Å². The van der Waals surface area contributed by atoms with E-state index in [1.54, 1.807) is 24.3 Å². The number of benzene rings is 1. The summed E-state index contributed by atoms with van der Waals surface area (Å²) in [5, 5.41) is 1.24. The maximum Gasteiger partial charge on any atom is 0.140 e. The third-order valence-corrected chi connectivity index (χ3v) is 3.34. The SMILES string of the molecule is Cc1cc(OCc2nc(NN)ccc2Cl)ccc1Cl. The fourth-order valence-corrected chi connectivity index (χ4v) is 1.80. The minimum atomic E-state index is 0.259. The number of aryl methyl sites for hydroxylation is 1. The molecule has 1 heterocycles. The third-order valence-electron chi connectivity index (χ3n) is 2.57. The summed E-state index contributed by atoms with van der Waals surface area (Å²) < 4.78 is 5.63. The fourth-order valence-electron chi connectivity index (χ4n) is 1.52. The minimum absolute atomic E-state index is 0.259. The highest BCUT2D eigenvalue weighted by Crippen LogP contribution is 2.23. The van der Waals surface area contributed by atoms with Gasteiger partial charge in [-0.2, -0.15) is 0 Å². The highest BCUT2D eigenvalue weighted by atomic mass is 35.5. The lowest BCUT2D eigenvalue weighted by atomic mass is 10.2. The summed E-state index contributed by atoms with van der Waals surface area (Å²) >= 11 is 12.0. The van der Waals surface area contributed by atoms with E-state index in [0.29, 0.717) is 27.3 Å². The van der Waals surface area contributed by atoms with Crippen LogP contribution in [0.3, 0.4) is 0 Å². The second kappa shape index (κ2) is 6.10. The summed E-state index contributed by atoms with van der Waals surface area (Å²) in [7, 11) is 0. The number of ether oxygens (including phenoxy) is 1. The van der Waals surface area contributed by atoms with Crippen molar-refractivity contribution in [1.29, 1.82) is 0 Å². The molecule has 0 saturated heterocycles. The Morgan fingerprint density at radius 1 is 1.21 bits per heavy atom. The molecule has 2 aromatic rings. The van der Waals surface area contributed by atoms with Crippen molar-refractivity contribution in [3.8, 4) is 5.75 Å². The lowest BCUT2D eigenvalue weighted by Gasteiger charge is -2.09. The predicted octanol–water partition coefficient (Wildman–Crippen LogP) is 3.56. The summed E-state index contributed by atoms with van der Waals surface area (Å²) in [5.74, 6) is 6.55. The molecule has 1 aromatic heterocycles. The molecule has 0 radical (unpaired) electrons. The Kier molecular flexibility index (Phi) is 4.47. The lowest BCUT2D eigenvalue weighted by molar-refractivity contribution is 0.301. The molecule has 0 aliphatic rings. The van der Waals surface area contributed by atoms with E-state index in [0.717, 1.165) is 5.56 Å². The summed E-state index contributed by atoms with van der Waals surface area (Å²) in [6.45, 7) is 2.18. The molecule has 19 heavy (non-hydrogen) atoms. The molecular formula is C13H13Cl2N3O. The van der Waals surface area contributed by atoms with Crippen LogP contribution in [0.1, 0.15) is 11.3 Å². The monoisotopic (exact) mass is 297 g/mol. The van der Waals surface area contributed by atoms with E-state index in [-0.39, 0.29) is 6.61 Å². The van der Waals surface area contributed by atoms with Crippen molar-refractivity contribution in [3.05, 3.63) is 51.6 Å². The summed E-state index contributed by atoms with van der Waals surface area (Å²) in [5.41, 5.74) is 4.04. The fraction of sp³-hybridized carbons (Fsp3) is 0.154. The van der Waals surface area contributed by atoms with Gasteiger partial charge in [0.1, 0.15) is 18.2 Å². The highest BCUT2D eigenvalue weighted by molar-refractivity contribution is 6.31. The minimum Gasteiger partial charge on any atom is -0.487 e. The second-order valence-corrected chi connectivity index (χ2v) is 4.78. The number of hydrogen-bond acceptors (Lipinski definition) is 4. The normalized spacial score (nSPS) is 10.3. The number of anilines is 1. The number of pyridine rings is 1. The lowest BCUT2D eigenvalue weighted by Crippen LogP contribution is -2.10. The number of nitrogens with zero attached hydrogens (tertiary/aromatic N) is 1. The highest BCUT2D eigenvalue weighted by Gasteiger charge is 2.05. The first-order valence-electron chi connectivity index (χ1n) is 5.61. The Bertz CT molecular complexity index is 590. The van der Waals surface area contributed by atoms with Gasteiger partial charge in [-0.3, -0.25) is 0 Å². The number of halogens is 2. The number of aromatic nitrogens is 1. The number of nitrogen functional groups attached to an aromatic ring is 1. The second-order valence-electron chi connectivity index (χ2n) is 3.97. The standard InChI is InChI=1S/C13H13Cl2N3O/c1-8-6-9(2-3-10(8)14)19-7-12-11(15)4-5-13(17-12)18-16/h2-6H,7,16H2,1H3,(H,17,18). The zero-order valence-corrected chi connectivity index (χ0v) is 11.8. The van der Waals surface area contributed by atoms with Crippen LogP contribution in [-0.4, -0.2) is 4.98 Å². The van der Waals surface area contributed by atoms with Crippen LogP contribution in [0.2, 0.25) is 10.0 Å². The van der Waals surface area contributed by atoms with Gasteiger partial charge in [-0.1, -0.05) is 23.2 Å². The molecule has 0 spiro atoms. The van der Waals surface area contributed by atoms with Crippen molar-refractivity contribution >= 4 is 29.0 Å². The van der Waals surface area contributed by atoms with Crippen LogP contribution < -0.4 is 16.0 Å². The van der Waals surface area contributed by atoms with E-state index < -0.39 is 0 Å². The third kappa shape index (κ3) is 3.50. The molecule has 3 N–H and O–H groups in total. The van der Waals surface area contributed by atoms with Gasteiger partial charge in [0.25, 0.3) is 0 Å². The molecule has 6 heteroatoms. The molecule has 0 fully saturated rings. The summed E-state index contributed by atoms with van der Waals surface area (Å²) in [6, 6.07) is 8.86. The predicted molar refractivity (Wildman–Crippen MR) is 77.6 cm³/mol. The van der Waals surface area contributed by atoms with E-state index in [9.17, 15) is 0 Å². The van der Waals surface area contributed by atoms with Gasteiger partial charge in [0.15, 0.2) is 0 Å². The van der Waals surface area contributed by atoms with Crippen LogP contribution in [0.5, 0.6) is 5.75 Å². The summed E-state index contributed by atoms with van der Waals surface area (Å²) in [4.78, 5) is 4.23. The Morgan fingerprint density at radius 3 is 2.63 bits per heavy atom. The van der Waals surface area contributed by atoms with Gasteiger partial charge >= 0.3 is 0 Å². The maximum atomic E-state index is 6.04. The Hall–Kier alpha value is -1.49. The van der Waals surface area contributed by atoms with Crippen LogP contribution in [0.25, 0.3) is 0 Å². The van der Waals surface area contributed by atoms with Crippen LogP contribution in [0.4, 0.5) is 5.82 Å². The van der Waals surface area contributed by atoms with Crippen LogP contribution in [0.15, 0.2) is 30.3 Å². The van der Waals surface area contributed by atoms with E-state index in [1.165, 1.54) is 0 Å². The van der Waals surface area contributed by atoms with Gasteiger partial charge in [-0.25, -0.2) is 10.8 Å². The molecule has 0 atom stereocenters. The van der Waals surface area contributed by atoms with E-state index in [4.69, 9.17) is 33.8 Å². The smallest absolute Gasteiger partial charge is 0.140 e. The Balaban J connectivity index is 2.11. The molecule has 2 rings (SSSR count). The molecule has 4 nitrogen and oxygen atoms in total. The van der Waals surface area contributed by atoms with Crippen LogP contribution in [0, 0.1) is 6.92 Å². The number of hydrazine groups is 1. The first-order chi connectivity index (χ1) is 9.10. The Morgan fingerprint density at radius 2 is 1.95 bits per heavy atom. The van der Waals surface area contributed by atoms with E-state index in [1.807, 2.05) is 13.0 Å². The van der Waals surface area contributed by atoms with Crippen molar-refractivity contribution in [2.45, 2.75) is 13.5 Å². The van der Waals surface area contributed by atoms with Crippen LogP contribution in [-0.2, 0) is 6.61 Å². The molecule has 0 unspecified atom stereocenters. The van der Waals surface area contributed by atoms with Crippen molar-refractivity contribution in [1.82, 2.24) is 4.98 Å². The van der Waals surface area contributed by atoms with E-state index in [2.05, 4.69) is 10.4 Å². The number of nitrogens with one attached hydrogen (secondary N) is 1. The molecular weight excluding hydrogens is 285 g/mol.